The van der Waals surface area contributed by atoms with Gasteiger partial charge in [0.25, 0.3) is 15.7 Å². The van der Waals surface area contributed by atoms with Crippen LogP contribution in [0.15, 0.2) is 89.8 Å². The first-order valence-corrected chi connectivity index (χ1v) is 12.3. The monoisotopic (exact) mass is 505 g/mol. The van der Waals surface area contributed by atoms with Gasteiger partial charge in [0.2, 0.25) is 5.91 Å². The van der Waals surface area contributed by atoms with Crippen LogP contribution >= 0.6 is 0 Å². The standard InChI is InChI=1S/C26H23N3O6S/c1-18-10-15-22(16-25(18)29(31)32)36(33,34)28(20-11-13-21(35-2)14-12-20)17-26(30)27-24-9-5-7-19-6-3-4-8-23(19)24/h3-16H,17H2,1-2H3,(H,27,30). The Balaban J connectivity index is 1.72. The molecular weight excluding hydrogens is 482 g/mol. The van der Waals surface area contributed by atoms with Gasteiger partial charge in [-0.25, -0.2) is 8.42 Å². The van der Waals surface area contributed by atoms with Crippen LogP contribution in [0.25, 0.3) is 10.8 Å². The summed E-state index contributed by atoms with van der Waals surface area (Å²) in [7, 11) is -2.87. The third kappa shape index (κ3) is 4.98. The predicted octanol–water partition coefficient (Wildman–Crippen LogP) is 4.90. The molecule has 4 aromatic rings. The summed E-state index contributed by atoms with van der Waals surface area (Å²) in [4.78, 5) is 23.6. The molecule has 0 bridgehead atoms. The largest absolute Gasteiger partial charge is 0.497 e. The number of hydrogen-bond donors (Lipinski definition) is 1. The number of rotatable bonds is 8. The van der Waals surface area contributed by atoms with E-state index in [2.05, 4.69) is 5.32 Å². The molecule has 4 rings (SSSR count). The third-order valence-corrected chi connectivity index (χ3v) is 7.45. The molecule has 0 aliphatic carbocycles. The zero-order valence-electron chi connectivity index (χ0n) is 19.5. The molecule has 0 aliphatic heterocycles. The first kappa shape index (κ1) is 24.7. The number of aryl methyl sites for hydroxylation is 1. The average Bonchev–Trinajstić information content (AvgIpc) is 2.87. The maximum absolute atomic E-state index is 13.7. The van der Waals surface area contributed by atoms with Gasteiger partial charge < -0.3 is 10.1 Å². The normalized spacial score (nSPS) is 11.2. The molecule has 0 saturated carbocycles. The zero-order valence-corrected chi connectivity index (χ0v) is 20.4. The van der Waals surface area contributed by atoms with Crippen molar-refractivity contribution < 1.29 is 22.9 Å². The molecule has 0 atom stereocenters. The number of nitrogens with one attached hydrogen (secondary N) is 1. The van der Waals surface area contributed by atoms with Crippen molar-refractivity contribution in [1.29, 1.82) is 0 Å². The number of fused-ring (bicyclic) bond motifs is 1. The van der Waals surface area contributed by atoms with E-state index in [-0.39, 0.29) is 16.3 Å². The van der Waals surface area contributed by atoms with Crippen LogP contribution in [-0.2, 0) is 14.8 Å². The lowest BCUT2D eigenvalue weighted by Gasteiger charge is -2.24. The number of hydrogen-bond acceptors (Lipinski definition) is 6. The van der Waals surface area contributed by atoms with E-state index in [0.29, 0.717) is 17.0 Å². The number of nitrogens with zero attached hydrogens (tertiary/aromatic N) is 2. The first-order valence-electron chi connectivity index (χ1n) is 10.9. The van der Waals surface area contributed by atoms with Crippen molar-refractivity contribution in [2.24, 2.45) is 0 Å². The molecule has 0 unspecified atom stereocenters. The SMILES string of the molecule is COc1ccc(N(CC(=O)Nc2cccc3ccccc23)S(=O)(=O)c2ccc(C)c([N+](=O)[O-])c2)cc1. The predicted molar refractivity (Wildman–Crippen MR) is 138 cm³/mol. The Hall–Kier alpha value is -4.44. The fourth-order valence-electron chi connectivity index (χ4n) is 3.79. The number of nitro groups is 1. The Kier molecular flexibility index (Phi) is 6.89. The number of carbonyl (C=O) groups excluding carboxylic acids is 1. The molecule has 0 radical (unpaired) electrons. The van der Waals surface area contributed by atoms with Crippen molar-refractivity contribution >= 4 is 43.8 Å². The Morgan fingerprint density at radius 1 is 1.00 bits per heavy atom. The van der Waals surface area contributed by atoms with Crippen molar-refractivity contribution in [1.82, 2.24) is 0 Å². The summed E-state index contributed by atoms with van der Waals surface area (Å²) in [5.74, 6) is -0.0744. The van der Waals surface area contributed by atoms with Crippen molar-refractivity contribution in [3.63, 3.8) is 0 Å². The third-order valence-electron chi connectivity index (χ3n) is 5.68. The van der Waals surface area contributed by atoms with Crippen LogP contribution < -0.4 is 14.4 Å². The van der Waals surface area contributed by atoms with Gasteiger partial charge in [-0.3, -0.25) is 19.2 Å². The Bertz CT molecular complexity index is 1550. The highest BCUT2D eigenvalue weighted by Gasteiger charge is 2.29. The van der Waals surface area contributed by atoms with Gasteiger partial charge in [-0.2, -0.15) is 0 Å². The van der Waals surface area contributed by atoms with E-state index >= 15 is 0 Å². The van der Waals surface area contributed by atoms with E-state index in [1.165, 1.54) is 38.3 Å². The Labute approximate surface area is 208 Å². The molecule has 0 saturated heterocycles. The van der Waals surface area contributed by atoms with E-state index in [0.717, 1.165) is 21.1 Å². The van der Waals surface area contributed by atoms with E-state index < -0.39 is 27.4 Å². The number of amides is 1. The van der Waals surface area contributed by atoms with Crippen LogP contribution in [0.1, 0.15) is 5.56 Å². The summed E-state index contributed by atoms with van der Waals surface area (Å²) in [5.41, 5.74) is 0.734. The molecule has 184 valence electrons. The number of sulfonamides is 1. The first-order chi connectivity index (χ1) is 17.2. The van der Waals surface area contributed by atoms with Gasteiger partial charge in [0.05, 0.1) is 22.6 Å². The number of anilines is 2. The summed E-state index contributed by atoms with van der Waals surface area (Å²) < 4.78 is 33.4. The number of benzene rings is 4. The molecule has 10 heteroatoms. The molecule has 0 heterocycles. The van der Waals surface area contributed by atoms with E-state index in [9.17, 15) is 23.3 Å². The lowest BCUT2D eigenvalue weighted by molar-refractivity contribution is -0.385. The highest BCUT2D eigenvalue weighted by Crippen LogP contribution is 2.29. The Morgan fingerprint density at radius 2 is 1.69 bits per heavy atom. The lowest BCUT2D eigenvalue weighted by atomic mass is 10.1. The average molecular weight is 506 g/mol. The second-order valence-electron chi connectivity index (χ2n) is 7.99. The molecule has 36 heavy (non-hydrogen) atoms. The van der Waals surface area contributed by atoms with Crippen LogP contribution in [0.3, 0.4) is 0 Å². The van der Waals surface area contributed by atoms with Crippen molar-refractivity contribution in [3.05, 3.63) is 101 Å². The highest BCUT2D eigenvalue weighted by molar-refractivity contribution is 7.92. The second-order valence-corrected chi connectivity index (χ2v) is 9.85. The molecule has 0 aromatic heterocycles. The van der Waals surface area contributed by atoms with E-state index in [1.807, 2.05) is 30.3 Å². The molecule has 9 nitrogen and oxygen atoms in total. The van der Waals surface area contributed by atoms with Crippen LogP contribution in [0, 0.1) is 17.0 Å². The number of nitro benzene ring substituents is 1. The van der Waals surface area contributed by atoms with Gasteiger partial charge in [0.15, 0.2) is 0 Å². The fraction of sp³-hybridized carbons (Fsp3) is 0.115. The van der Waals surface area contributed by atoms with Crippen LogP contribution in [0.4, 0.5) is 17.1 Å². The smallest absolute Gasteiger partial charge is 0.273 e. The van der Waals surface area contributed by atoms with Gasteiger partial charge in [-0.15, -0.1) is 0 Å². The summed E-state index contributed by atoms with van der Waals surface area (Å²) in [6.07, 6.45) is 0. The topological polar surface area (TPSA) is 119 Å². The summed E-state index contributed by atoms with van der Waals surface area (Å²) >= 11 is 0. The van der Waals surface area contributed by atoms with Gasteiger partial charge in [0.1, 0.15) is 12.3 Å². The van der Waals surface area contributed by atoms with E-state index in [1.54, 1.807) is 24.3 Å². The second kappa shape index (κ2) is 10.0. The highest BCUT2D eigenvalue weighted by atomic mass is 32.2. The molecular formula is C26H23N3O6S. The zero-order chi connectivity index (χ0) is 25.9. The summed E-state index contributed by atoms with van der Waals surface area (Å²) in [6.45, 7) is 0.965. The van der Waals surface area contributed by atoms with Gasteiger partial charge in [-0.1, -0.05) is 42.5 Å². The lowest BCUT2D eigenvalue weighted by Crippen LogP contribution is -2.38. The minimum absolute atomic E-state index is 0.201. The van der Waals surface area contributed by atoms with E-state index in [4.69, 9.17) is 4.74 Å². The Morgan fingerprint density at radius 3 is 2.39 bits per heavy atom. The van der Waals surface area contributed by atoms with Gasteiger partial charge >= 0.3 is 0 Å². The van der Waals surface area contributed by atoms with Crippen molar-refractivity contribution in [2.45, 2.75) is 11.8 Å². The molecule has 0 spiro atoms. The van der Waals surface area contributed by atoms with Crippen LogP contribution in [0.2, 0.25) is 0 Å². The maximum atomic E-state index is 13.7. The number of ether oxygens (including phenoxy) is 1. The molecule has 0 aliphatic rings. The minimum Gasteiger partial charge on any atom is -0.497 e. The number of methoxy groups -OCH3 is 1. The molecule has 4 aromatic carbocycles. The minimum atomic E-state index is -4.35. The van der Waals surface area contributed by atoms with Crippen molar-refractivity contribution in [3.8, 4) is 5.75 Å². The summed E-state index contributed by atoms with van der Waals surface area (Å²) in [5, 5.41) is 15.9. The van der Waals surface area contributed by atoms with Gasteiger partial charge in [0, 0.05) is 22.7 Å². The number of carbonyl (C=O) groups is 1. The molecule has 1 amide bonds. The maximum Gasteiger partial charge on any atom is 0.273 e. The summed E-state index contributed by atoms with van der Waals surface area (Å²) in [6, 6.07) is 22.7. The van der Waals surface area contributed by atoms with Gasteiger partial charge in [-0.05, 0) is 48.7 Å². The molecule has 1 N–H and O–H groups in total. The van der Waals surface area contributed by atoms with Crippen molar-refractivity contribution in [2.75, 3.05) is 23.3 Å². The van der Waals surface area contributed by atoms with Crippen LogP contribution in [0.5, 0.6) is 5.75 Å². The quantitative estimate of drug-likeness (QED) is 0.269. The fourth-order valence-corrected chi connectivity index (χ4v) is 5.23. The van der Waals surface area contributed by atoms with Crippen LogP contribution in [-0.4, -0.2) is 32.9 Å². The molecule has 0 fully saturated rings.